The number of aromatic carboxylic acids is 1. The van der Waals surface area contributed by atoms with Crippen LogP contribution in [-0.4, -0.2) is 16.9 Å². The van der Waals surface area contributed by atoms with Crippen molar-refractivity contribution in [1.29, 1.82) is 0 Å². The summed E-state index contributed by atoms with van der Waals surface area (Å²) < 4.78 is 0. The highest BCUT2D eigenvalue weighted by atomic mass is 16.4. The number of carbonyl (C=O) groups is 2. The summed E-state index contributed by atoms with van der Waals surface area (Å²) in [5.41, 5.74) is 2.12. The minimum atomic E-state index is -0.954. The van der Waals surface area contributed by atoms with Crippen molar-refractivity contribution in [1.82, 2.24) is 0 Å². The Morgan fingerprint density at radius 2 is 1.67 bits per heavy atom. The zero-order chi connectivity index (χ0) is 15.4. The molecule has 1 N–H and O–H groups in total. The third-order valence-corrected chi connectivity index (χ3v) is 3.26. The van der Waals surface area contributed by atoms with E-state index >= 15 is 0 Å². The van der Waals surface area contributed by atoms with Gasteiger partial charge in [0.1, 0.15) is 0 Å². The number of rotatable bonds is 5. The quantitative estimate of drug-likeness (QED) is 0.848. The Morgan fingerprint density at radius 3 is 2.24 bits per heavy atom. The molecule has 0 heterocycles. The fourth-order valence-electron chi connectivity index (χ4n) is 2.31. The molecule has 0 aliphatic carbocycles. The molecular formula is C18H18O3. The Labute approximate surface area is 124 Å². The van der Waals surface area contributed by atoms with Crippen LogP contribution < -0.4 is 0 Å². The van der Waals surface area contributed by atoms with Gasteiger partial charge in [-0.05, 0) is 30.0 Å². The van der Waals surface area contributed by atoms with Gasteiger partial charge in [-0.2, -0.15) is 0 Å². The fraction of sp³-hybridized carbons (Fsp3) is 0.222. The lowest BCUT2D eigenvalue weighted by atomic mass is 9.93. The van der Waals surface area contributed by atoms with Crippen molar-refractivity contribution in [3.8, 4) is 0 Å². The third-order valence-electron chi connectivity index (χ3n) is 3.26. The molecule has 0 saturated heterocycles. The molecule has 0 bridgehead atoms. The first-order chi connectivity index (χ1) is 9.99. The first-order valence-corrected chi connectivity index (χ1v) is 6.95. The van der Waals surface area contributed by atoms with Crippen molar-refractivity contribution in [2.75, 3.05) is 0 Å². The molecule has 0 saturated carbocycles. The largest absolute Gasteiger partial charge is 0.478 e. The number of carbonyl (C=O) groups excluding carboxylic acids is 1. The van der Waals surface area contributed by atoms with Gasteiger partial charge in [0, 0.05) is 11.1 Å². The molecule has 0 spiro atoms. The molecule has 21 heavy (non-hydrogen) atoms. The Morgan fingerprint density at radius 1 is 1.00 bits per heavy atom. The van der Waals surface area contributed by atoms with Crippen LogP contribution in [0.25, 0.3) is 0 Å². The van der Waals surface area contributed by atoms with Gasteiger partial charge in [0.2, 0.25) is 0 Å². The van der Waals surface area contributed by atoms with Crippen molar-refractivity contribution >= 4 is 11.8 Å². The number of carboxylic acids is 1. The molecule has 108 valence electrons. The molecule has 2 aromatic carbocycles. The molecule has 3 heteroatoms. The van der Waals surface area contributed by atoms with E-state index in [2.05, 4.69) is 0 Å². The van der Waals surface area contributed by atoms with Gasteiger partial charge >= 0.3 is 5.97 Å². The van der Waals surface area contributed by atoms with Gasteiger partial charge < -0.3 is 5.11 Å². The fourth-order valence-corrected chi connectivity index (χ4v) is 2.31. The van der Waals surface area contributed by atoms with E-state index in [9.17, 15) is 14.7 Å². The monoisotopic (exact) mass is 282 g/mol. The second-order valence-corrected chi connectivity index (χ2v) is 5.47. The van der Waals surface area contributed by atoms with Crippen LogP contribution in [0.5, 0.6) is 0 Å². The number of ketones is 1. The molecule has 0 atom stereocenters. The lowest BCUT2D eigenvalue weighted by Gasteiger charge is -2.11. The van der Waals surface area contributed by atoms with E-state index in [0.29, 0.717) is 29.0 Å². The Bertz CT molecular complexity index is 657. The molecule has 0 aliphatic rings. The first-order valence-electron chi connectivity index (χ1n) is 6.95. The van der Waals surface area contributed by atoms with Crippen molar-refractivity contribution in [3.63, 3.8) is 0 Å². The van der Waals surface area contributed by atoms with Crippen LogP contribution in [0.1, 0.15) is 45.7 Å². The maximum atomic E-state index is 12.4. The van der Waals surface area contributed by atoms with Gasteiger partial charge in [0.15, 0.2) is 5.78 Å². The van der Waals surface area contributed by atoms with Gasteiger partial charge in [-0.15, -0.1) is 0 Å². The van der Waals surface area contributed by atoms with E-state index in [-0.39, 0.29) is 11.3 Å². The zero-order valence-corrected chi connectivity index (χ0v) is 12.2. The van der Waals surface area contributed by atoms with Crippen LogP contribution >= 0.6 is 0 Å². The average Bonchev–Trinajstić information content (AvgIpc) is 2.46. The minimum Gasteiger partial charge on any atom is -0.478 e. The van der Waals surface area contributed by atoms with Crippen LogP contribution in [0.2, 0.25) is 0 Å². The number of hydrogen-bond acceptors (Lipinski definition) is 2. The summed E-state index contributed by atoms with van der Waals surface area (Å²) in [5.74, 6) is -0.716. The lowest BCUT2D eigenvalue weighted by Crippen LogP contribution is -2.09. The first kappa shape index (κ1) is 15.0. The second-order valence-electron chi connectivity index (χ2n) is 5.47. The summed E-state index contributed by atoms with van der Waals surface area (Å²) in [6.45, 7) is 4.05. The van der Waals surface area contributed by atoms with Crippen LogP contribution in [0.15, 0.2) is 48.5 Å². The Balaban J connectivity index is 2.42. The SMILES string of the molecule is CC(C)Cc1cc(C(=O)c2ccccc2)ccc1C(=O)O. The minimum absolute atomic E-state index is 0.0856. The molecule has 0 fully saturated rings. The van der Waals surface area contributed by atoms with Crippen molar-refractivity contribution in [3.05, 3.63) is 70.8 Å². The molecular weight excluding hydrogens is 264 g/mol. The van der Waals surface area contributed by atoms with E-state index in [0.717, 1.165) is 0 Å². The van der Waals surface area contributed by atoms with Crippen molar-refractivity contribution < 1.29 is 14.7 Å². The predicted molar refractivity (Wildman–Crippen MR) is 81.8 cm³/mol. The van der Waals surface area contributed by atoms with E-state index < -0.39 is 5.97 Å². The molecule has 2 rings (SSSR count). The second kappa shape index (κ2) is 6.35. The summed E-state index contributed by atoms with van der Waals surface area (Å²) in [6, 6.07) is 13.8. The molecule has 0 aliphatic heterocycles. The highest BCUT2D eigenvalue weighted by Gasteiger charge is 2.15. The molecule has 0 amide bonds. The Hall–Kier alpha value is -2.42. The van der Waals surface area contributed by atoms with Gasteiger partial charge in [-0.3, -0.25) is 4.79 Å². The summed E-state index contributed by atoms with van der Waals surface area (Å²) in [6.07, 6.45) is 0.636. The third kappa shape index (κ3) is 3.57. The maximum absolute atomic E-state index is 12.4. The molecule has 0 unspecified atom stereocenters. The van der Waals surface area contributed by atoms with Crippen LogP contribution in [0.4, 0.5) is 0 Å². The van der Waals surface area contributed by atoms with Gasteiger partial charge in [0.25, 0.3) is 0 Å². The highest BCUT2D eigenvalue weighted by Crippen LogP contribution is 2.19. The van der Waals surface area contributed by atoms with E-state index in [1.807, 2.05) is 32.0 Å². The topological polar surface area (TPSA) is 54.4 Å². The number of hydrogen-bond donors (Lipinski definition) is 1. The van der Waals surface area contributed by atoms with Gasteiger partial charge in [0.05, 0.1) is 5.56 Å². The molecule has 0 radical (unpaired) electrons. The van der Waals surface area contributed by atoms with Crippen LogP contribution in [0.3, 0.4) is 0 Å². The molecule has 0 aromatic heterocycles. The van der Waals surface area contributed by atoms with Gasteiger partial charge in [-0.25, -0.2) is 4.79 Å². The summed E-state index contributed by atoms with van der Waals surface area (Å²) in [4.78, 5) is 23.7. The van der Waals surface area contributed by atoms with Crippen molar-refractivity contribution in [2.45, 2.75) is 20.3 Å². The van der Waals surface area contributed by atoms with E-state index in [1.165, 1.54) is 6.07 Å². The zero-order valence-electron chi connectivity index (χ0n) is 12.2. The van der Waals surface area contributed by atoms with E-state index in [1.54, 1.807) is 24.3 Å². The highest BCUT2D eigenvalue weighted by molar-refractivity contribution is 6.09. The summed E-state index contributed by atoms with van der Waals surface area (Å²) in [5, 5.41) is 9.24. The summed E-state index contributed by atoms with van der Waals surface area (Å²) in [7, 11) is 0. The average molecular weight is 282 g/mol. The molecule has 3 nitrogen and oxygen atoms in total. The smallest absolute Gasteiger partial charge is 0.335 e. The standard InChI is InChI=1S/C18H18O3/c1-12(2)10-15-11-14(8-9-16(15)18(20)21)17(19)13-6-4-3-5-7-13/h3-9,11-12H,10H2,1-2H3,(H,20,21). The maximum Gasteiger partial charge on any atom is 0.335 e. The van der Waals surface area contributed by atoms with Crippen LogP contribution in [0, 0.1) is 5.92 Å². The Kier molecular flexibility index (Phi) is 4.53. The number of benzene rings is 2. The van der Waals surface area contributed by atoms with Crippen LogP contribution in [-0.2, 0) is 6.42 Å². The molecule has 2 aromatic rings. The number of carboxylic acid groups (broad SMARTS) is 1. The lowest BCUT2D eigenvalue weighted by molar-refractivity contribution is 0.0695. The summed E-state index contributed by atoms with van der Waals surface area (Å²) >= 11 is 0. The normalized spacial score (nSPS) is 10.6. The predicted octanol–water partition coefficient (Wildman–Crippen LogP) is 3.81. The van der Waals surface area contributed by atoms with E-state index in [4.69, 9.17) is 0 Å². The van der Waals surface area contributed by atoms with Gasteiger partial charge in [-0.1, -0.05) is 50.2 Å². The van der Waals surface area contributed by atoms with Crippen molar-refractivity contribution in [2.24, 2.45) is 5.92 Å².